The summed E-state index contributed by atoms with van der Waals surface area (Å²) in [7, 11) is 1.84. The first kappa shape index (κ1) is 13.9. The van der Waals surface area contributed by atoms with Crippen LogP contribution in [0.25, 0.3) is 0 Å². The van der Waals surface area contributed by atoms with Gasteiger partial charge in [-0.3, -0.25) is 4.79 Å². The van der Waals surface area contributed by atoms with Crippen molar-refractivity contribution in [3.8, 4) is 0 Å². The summed E-state index contributed by atoms with van der Waals surface area (Å²) in [5.41, 5.74) is 1.80. The minimum atomic E-state index is -0.418. The van der Waals surface area contributed by atoms with E-state index in [0.29, 0.717) is 5.92 Å². The van der Waals surface area contributed by atoms with Gasteiger partial charge in [-0.15, -0.1) is 0 Å². The summed E-state index contributed by atoms with van der Waals surface area (Å²) < 4.78 is 0. The maximum Gasteiger partial charge on any atom is 0.149 e. The van der Waals surface area contributed by atoms with E-state index in [9.17, 15) is 4.79 Å². The van der Waals surface area contributed by atoms with Gasteiger partial charge in [0.25, 0.3) is 0 Å². The highest BCUT2D eigenvalue weighted by Crippen LogP contribution is 2.25. The molecule has 0 bridgehead atoms. The fourth-order valence-electron chi connectivity index (χ4n) is 1.99. The number of ketones is 1. The number of hydrogen-bond acceptors (Lipinski definition) is 3. The van der Waals surface area contributed by atoms with Crippen LogP contribution < -0.4 is 5.32 Å². The molecule has 0 aromatic carbocycles. The molecule has 0 aliphatic rings. The molecule has 0 amide bonds. The van der Waals surface area contributed by atoms with Gasteiger partial charge in [-0.05, 0) is 40.7 Å². The molecule has 0 aliphatic carbocycles. The zero-order chi connectivity index (χ0) is 13.1. The normalized spacial score (nSPS) is 16.5. The maximum atomic E-state index is 11.6. The van der Waals surface area contributed by atoms with Gasteiger partial charge in [0.2, 0.25) is 0 Å². The lowest BCUT2D eigenvalue weighted by molar-refractivity contribution is -0.122. The number of nitrogens with one attached hydrogen (secondary N) is 2. The van der Waals surface area contributed by atoms with Gasteiger partial charge >= 0.3 is 0 Å². The Labute approximate surface area is 103 Å². The fraction of sp³-hybridized carbons (Fsp3) is 0.692. The number of carbonyl (C=O) groups excluding carboxylic acids is 1. The van der Waals surface area contributed by atoms with Crippen molar-refractivity contribution in [1.29, 1.82) is 0 Å². The van der Waals surface area contributed by atoms with Gasteiger partial charge in [0.15, 0.2) is 0 Å². The van der Waals surface area contributed by atoms with Gasteiger partial charge in [-0.2, -0.15) is 0 Å². The number of H-pyrrole nitrogens is 1. The second kappa shape index (κ2) is 5.45. The molecule has 17 heavy (non-hydrogen) atoms. The van der Waals surface area contributed by atoms with E-state index in [4.69, 9.17) is 0 Å². The summed E-state index contributed by atoms with van der Waals surface area (Å²) in [5, 5.41) is 3.12. The van der Waals surface area contributed by atoms with Crippen molar-refractivity contribution in [2.45, 2.75) is 52.0 Å². The fourth-order valence-corrected chi connectivity index (χ4v) is 1.99. The lowest BCUT2D eigenvalue weighted by Crippen LogP contribution is -2.46. The van der Waals surface area contributed by atoms with Crippen LogP contribution in [0.2, 0.25) is 0 Å². The maximum absolute atomic E-state index is 11.6. The molecule has 0 saturated heterocycles. The average Bonchev–Trinajstić information content (AvgIpc) is 2.71. The van der Waals surface area contributed by atoms with Crippen molar-refractivity contribution in [3.05, 3.63) is 17.7 Å². The number of nitrogens with zero attached hydrogens (tertiary/aromatic N) is 1. The molecule has 0 radical (unpaired) electrons. The molecule has 2 unspecified atom stereocenters. The quantitative estimate of drug-likeness (QED) is 0.797. The Kier molecular flexibility index (Phi) is 4.46. The molecule has 2 atom stereocenters. The van der Waals surface area contributed by atoms with E-state index in [1.54, 1.807) is 13.3 Å². The second-order valence-corrected chi connectivity index (χ2v) is 4.99. The van der Waals surface area contributed by atoms with Crippen LogP contribution in [-0.2, 0) is 4.79 Å². The Morgan fingerprint density at radius 2 is 2.29 bits per heavy atom. The van der Waals surface area contributed by atoms with Gasteiger partial charge in [0.05, 0.1) is 17.6 Å². The Bertz CT molecular complexity index is 386. The first-order valence-electron chi connectivity index (χ1n) is 6.10. The van der Waals surface area contributed by atoms with Crippen LogP contribution in [0.4, 0.5) is 0 Å². The molecular formula is C13H23N3O. The van der Waals surface area contributed by atoms with Gasteiger partial charge in [-0.1, -0.05) is 6.92 Å². The number of Topliss-reactive ketones (excluding diaryl/α,β-unsaturated/α-hetero) is 1. The Morgan fingerprint density at radius 3 is 2.71 bits per heavy atom. The molecule has 96 valence electrons. The topological polar surface area (TPSA) is 57.8 Å². The summed E-state index contributed by atoms with van der Waals surface area (Å²) in [4.78, 5) is 19.0. The number of likely N-dealkylation sites (N-methyl/N-ethyl adjacent to an activating group) is 1. The molecule has 2 N–H and O–H groups in total. The molecule has 4 heteroatoms. The third kappa shape index (κ3) is 3.16. The number of imidazole rings is 1. The molecule has 1 heterocycles. The van der Waals surface area contributed by atoms with Crippen molar-refractivity contribution in [3.63, 3.8) is 0 Å². The summed E-state index contributed by atoms with van der Waals surface area (Å²) in [6.45, 7) is 7.78. The van der Waals surface area contributed by atoms with E-state index in [1.165, 1.54) is 0 Å². The zero-order valence-corrected chi connectivity index (χ0v) is 11.4. The van der Waals surface area contributed by atoms with Crippen LogP contribution in [0, 0.1) is 6.92 Å². The van der Waals surface area contributed by atoms with Gasteiger partial charge in [0, 0.05) is 11.6 Å². The highest BCUT2D eigenvalue weighted by Gasteiger charge is 2.28. The first-order chi connectivity index (χ1) is 7.90. The largest absolute Gasteiger partial charge is 0.348 e. The van der Waals surface area contributed by atoms with Crippen LogP contribution in [-0.4, -0.2) is 28.3 Å². The van der Waals surface area contributed by atoms with E-state index in [2.05, 4.69) is 22.2 Å². The molecule has 1 rings (SSSR count). The number of hydrogen-bond donors (Lipinski definition) is 2. The lowest BCUT2D eigenvalue weighted by atomic mass is 9.87. The second-order valence-electron chi connectivity index (χ2n) is 4.99. The van der Waals surface area contributed by atoms with Crippen molar-refractivity contribution in [1.82, 2.24) is 15.3 Å². The van der Waals surface area contributed by atoms with Crippen molar-refractivity contribution in [2.24, 2.45) is 0 Å². The highest BCUT2D eigenvalue weighted by molar-refractivity contribution is 5.85. The number of aromatic nitrogens is 2. The third-order valence-corrected chi connectivity index (χ3v) is 3.74. The molecule has 0 fully saturated rings. The molecule has 1 aromatic heterocycles. The lowest BCUT2D eigenvalue weighted by Gasteiger charge is -2.27. The smallest absolute Gasteiger partial charge is 0.149 e. The van der Waals surface area contributed by atoms with Crippen molar-refractivity contribution >= 4 is 5.78 Å². The van der Waals surface area contributed by atoms with Crippen molar-refractivity contribution < 1.29 is 4.79 Å². The number of aromatic amines is 1. The average molecular weight is 237 g/mol. The summed E-state index contributed by atoms with van der Waals surface area (Å²) in [6, 6.07) is 0. The van der Waals surface area contributed by atoms with Crippen LogP contribution >= 0.6 is 0 Å². The Hall–Kier alpha value is -1.16. The van der Waals surface area contributed by atoms with Crippen LogP contribution in [0.5, 0.6) is 0 Å². The minimum Gasteiger partial charge on any atom is -0.348 e. The zero-order valence-electron chi connectivity index (χ0n) is 11.4. The molecule has 0 saturated carbocycles. The number of carbonyl (C=O) groups is 1. The number of rotatable bonds is 6. The SMILES string of the molecule is CNC(C)(CCC(C)c1nc[nH]c1C)C(C)=O. The van der Waals surface area contributed by atoms with E-state index in [-0.39, 0.29) is 5.78 Å². The third-order valence-electron chi connectivity index (χ3n) is 3.74. The van der Waals surface area contributed by atoms with E-state index < -0.39 is 5.54 Å². The first-order valence-corrected chi connectivity index (χ1v) is 6.10. The molecule has 0 spiro atoms. The van der Waals surface area contributed by atoms with E-state index in [0.717, 1.165) is 24.2 Å². The van der Waals surface area contributed by atoms with Crippen LogP contribution in [0.3, 0.4) is 0 Å². The predicted molar refractivity (Wildman–Crippen MR) is 69.1 cm³/mol. The Balaban J connectivity index is 2.62. The summed E-state index contributed by atoms with van der Waals surface area (Å²) in [5.74, 6) is 0.555. The molecule has 4 nitrogen and oxygen atoms in total. The monoisotopic (exact) mass is 237 g/mol. The number of aryl methyl sites for hydroxylation is 1. The van der Waals surface area contributed by atoms with Gasteiger partial charge in [-0.25, -0.2) is 4.98 Å². The van der Waals surface area contributed by atoms with E-state index >= 15 is 0 Å². The Morgan fingerprint density at radius 1 is 1.65 bits per heavy atom. The van der Waals surface area contributed by atoms with Crippen LogP contribution in [0.15, 0.2) is 6.33 Å². The van der Waals surface area contributed by atoms with Gasteiger partial charge < -0.3 is 10.3 Å². The summed E-state index contributed by atoms with van der Waals surface area (Å²) in [6.07, 6.45) is 3.50. The minimum absolute atomic E-state index is 0.186. The van der Waals surface area contributed by atoms with Crippen LogP contribution in [0.1, 0.15) is 50.9 Å². The highest BCUT2D eigenvalue weighted by atomic mass is 16.1. The molecular weight excluding hydrogens is 214 g/mol. The standard InChI is InChI=1S/C13H23N3O/c1-9(12-10(2)15-8-16-12)6-7-13(4,14-5)11(3)17/h8-9,14H,6-7H2,1-5H3,(H,15,16). The molecule has 1 aromatic rings. The summed E-state index contributed by atoms with van der Waals surface area (Å²) >= 11 is 0. The van der Waals surface area contributed by atoms with Gasteiger partial charge in [0.1, 0.15) is 5.78 Å². The predicted octanol–water partition coefficient (Wildman–Crippen LogP) is 2.17. The molecule has 0 aliphatic heterocycles. The van der Waals surface area contributed by atoms with E-state index in [1.807, 2.05) is 20.9 Å². The van der Waals surface area contributed by atoms with Crippen molar-refractivity contribution in [2.75, 3.05) is 7.05 Å².